The van der Waals surface area contributed by atoms with Crippen LogP contribution in [0.1, 0.15) is 17.2 Å². The molecule has 3 aromatic carbocycles. The molecule has 25 heavy (non-hydrogen) atoms. The van der Waals surface area contributed by atoms with Gasteiger partial charge < -0.3 is 10.1 Å². The largest absolute Gasteiger partial charge is 0.455 e. The van der Waals surface area contributed by atoms with Crippen molar-refractivity contribution in [3.05, 3.63) is 90.0 Å². The van der Waals surface area contributed by atoms with Crippen molar-refractivity contribution in [1.29, 1.82) is 0 Å². The number of hydrogen-bond donors (Lipinski definition) is 1. The van der Waals surface area contributed by atoms with Crippen LogP contribution in [-0.4, -0.2) is 0 Å². The molecule has 2 heteroatoms. The second kappa shape index (κ2) is 6.87. The Morgan fingerprint density at radius 3 is 2.32 bits per heavy atom. The summed E-state index contributed by atoms with van der Waals surface area (Å²) in [6.45, 7) is 0. The van der Waals surface area contributed by atoms with E-state index < -0.39 is 0 Å². The summed E-state index contributed by atoms with van der Waals surface area (Å²) in [6, 6.07) is 25.5. The Hall–Kier alpha value is -3.62. The lowest BCUT2D eigenvalue weighted by Crippen LogP contribution is -2.07. The van der Waals surface area contributed by atoms with Gasteiger partial charge in [-0.3, -0.25) is 0 Å². The summed E-state index contributed by atoms with van der Waals surface area (Å²) in [6.07, 6.45) is 0. The van der Waals surface area contributed by atoms with E-state index in [4.69, 9.17) is 4.74 Å². The molecule has 1 atom stereocenters. The van der Waals surface area contributed by atoms with E-state index in [9.17, 15) is 0 Å². The first-order valence-electron chi connectivity index (χ1n) is 8.09. The molecule has 0 saturated heterocycles. The van der Waals surface area contributed by atoms with Crippen LogP contribution in [-0.2, 0) is 0 Å². The highest BCUT2D eigenvalue weighted by Crippen LogP contribution is 2.39. The molecular weight excluding hydrogens is 306 g/mol. The lowest BCUT2D eigenvalue weighted by molar-refractivity contribution is 0.483. The average Bonchev–Trinajstić information content (AvgIpc) is 2.82. The van der Waals surface area contributed by atoms with Crippen LogP contribution >= 0.6 is 0 Å². The van der Waals surface area contributed by atoms with Gasteiger partial charge in [-0.2, -0.15) is 0 Å². The van der Waals surface area contributed by atoms with Crippen molar-refractivity contribution in [3.63, 3.8) is 0 Å². The Morgan fingerprint density at radius 2 is 1.44 bits per heavy atom. The van der Waals surface area contributed by atoms with Crippen molar-refractivity contribution in [2.45, 2.75) is 6.04 Å². The minimum Gasteiger partial charge on any atom is -0.455 e. The summed E-state index contributed by atoms with van der Waals surface area (Å²) in [5.74, 6) is 13.8. The second-order valence-electron chi connectivity index (χ2n) is 5.60. The van der Waals surface area contributed by atoms with Crippen LogP contribution in [0.4, 0.5) is 5.69 Å². The maximum absolute atomic E-state index is 6.04. The highest BCUT2D eigenvalue weighted by atomic mass is 16.5. The molecule has 1 aliphatic heterocycles. The van der Waals surface area contributed by atoms with E-state index in [1.807, 2.05) is 78.9 Å². The number of para-hydroxylation sites is 3. The molecule has 1 heterocycles. The lowest BCUT2D eigenvalue weighted by Gasteiger charge is -2.12. The van der Waals surface area contributed by atoms with E-state index in [0.29, 0.717) is 0 Å². The molecule has 118 valence electrons. The predicted octanol–water partition coefficient (Wildman–Crippen LogP) is 5.00. The third kappa shape index (κ3) is 3.34. The minimum atomic E-state index is -0.176. The van der Waals surface area contributed by atoms with Gasteiger partial charge in [-0.25, -0.2) is 0 Å². The summed E-state index contributed by atoms with van der Waals surface area (Å²) >= 11 is 0. The summed E-state index contributed by atoms with van der Waals surface area (Å²) in [4.78, 5) is 0. The third-order valence-electron chi connectivity index (χ3n) is 3.90. The SMILES string of the molecule is C(C#C[C@H]1Nc2ccccc2Oc2ccccc21)#Cc1ccccc1. The number of hydrogen-bond acceptors (Lipinski definition) is 2. The van der Waals surface area contributed by atoms with Gasteiger partial charge in [0, 0.05) is 11.1 Å². The Labute approximate surface area is 147 Å². The fraction of sp³-hybridized carbons (Fsp3) is 0.0435. The minimum absolute atomic E-state index is 0.176. The number of fused-ring (bicyclic) bond motifs is 2. The van der Waals surface area contributed by atoms with Crippen LogP contribution in [0.5, 0.6) is 11.5 Å². The van der Waals surface area contributed by atoms with Crippen LogP contribution in [0.15, 0.2) is 78.9 Å². The first-order valence-corrected chi connectivity index (χ1v) is 8.09. The van der Waals surface area contributed by atoms with Crippen LogP contribution in [0, 0.1) is 23.7 Å². The van der Waals surface area contributed by atoms with Crippen LogP contribution in [0.3, 0.4) is 0 Å². The zero-order valence-corrected chi connectivity index (χ0v) is 13.5. The van der Waals surface area contributed by atoms with Crippen molar-refractivity contribution < 1.29 is 4.74 Å². The van der Waals surface area contributed by atoms with Crippen molar-refractivity contribution in [2.75, 3.05) is 5.32 Å². The predicted molar refractivity (Wildman–Crippen MR) is 100 cm³/mol. The molecule has 0 spiro atoms. The van der Waals surface area contributed by atoms with Crippen LogP contribution < -0.4 is 10.1 Å². The summed E-state index contributed by atoms with van der Waals surface area (Å²) in [5, 5.41) is 3.45. The van der Waals surface area contributed by atoms with Crippen molar-refractivity contribution in [2.24, 2.45) is 0 Å². The number of rotatable bonds is 0. The first kappa shape index (κ1) is 14.9. The quantitative estimate of drug-likeness (QED) is 0.588. The van der Waals surface area contributed by atoms with Crippen LogP contribution in [0.25, 0.3) is 0 Å². The van der Waals surface area contributed by atoms with Gasteiger partial charge in [-0.15, -0.1) is 0 Å². The summed E-state index contributed by atoms with van der Waals surface area (Å²) in [5.41, 5.74) is 2.89. The van der Waals surface area contributed by atoms with Crippen molar-refractivity contribution in [1.82, 2.24) is 0 Å². The highest BCUT2D eigenvalue weighted by Gasteiger charge is 2.20. The van der Waals surface area contributed by atoms with E-state index in [1.54, 1.807) is 0 Å². The summed E-state index contributed by atoms with van der Waals surface area (Å²) in [7, 11) is 0. The Morgan fingerprint density at radius 1 is 0.720 bits per heavy atom. The van der Waals surface area contributed by atoms with Gasteiger partial charge in [0.25, 0.3) is 0 Å². The van der Waals surface area contributed by atoms with Crippen molar-refractivity contribution in [3.8, 4) is 35.2 Å². The number of anilines is 1. The third-order valence-corrected chi connectivity index (χ3v) is 3.90. The van der Waals surface area contributed by atoms with E-state index in [-0.39, 0.29) is 6.04 Å². The molecule has 0 bridgehead atoms. The average molecular weight is 321 g/mol. The monoisotopic (exact) mass is 321 g/mol. The molecule has 0 amide bonds. The van der Waals surface area contributed by atoms with E-state index in [0.717, 1.165) is 28.3 Å². The normalized spacial score (nSPS) is 14.0. The number of benzene rings is 3. The Balaban J connectivity index is 1.68. The van der Waals surface area contributed by atoms with Gasteiger partial charge in [0.1, 0.15) is 11.8 Å². The summed E-state index contributed by atoms with van der Waals surface area (Å²) < 4.78 is 6.04. The second-order valence-corrected chi connectivity index (χ2v) is 5.60. The number of ether oxygens (including phenoxy) is 1. The molecule has 0 aliphatic carbocycles. The zero-order valence-electron chi connectivity index (χ0n) is 13.5. The van der Waals surface area contributed by atoms with Crippen molar-refractivity contribution >= 4 is 5.69 Å². The van der Waals surface area contributed by atoms with Crippen LogP contribution in [0.2, 0.25) is 0 Å². The molecule has 2 nitrogen and oxygen atoms in total. The standard InChI is InChI=1S/C23H15NO/c1-2-10-18(11-3-1)12-4-6-14-20-19-13-5-8-16-22(19)25-23-17-9-7-15-21(23)24-20/h1-3,5,7-11,13,15-17,20,24H/t20-/m1/s1. The fourth-order valence-electron chi connectivity index (χ4n) is 2.69. The Bertz CT molecular complexity index is 1020. The first-order chi connectivity index (χ1) is 12.4. The molecule has 0 saturated carbocycles. The number of nitrogens with one attached hydrogen (secondary N) is 1. The zero-order chi connectivity index (χ0) is 16.9. The molecule has 0 fully saturated rings. The molecule has 1 aliphatic rings. The topological polar surface area (TPSA) is 21.3 Å². The lowest BCUT2D eigenvalue weighted by atomic mass is 10.1. The van der Waals surface area contributed by atoms with Gasteiger partial charge in [0.05, 0.1) is 5.69 Å². The maximum Gasteiger partial charge on any atom is 0.150 e. The molecule has 1 N–H and O–H groups in total. The van der Waals surface area contributed by atoms with Gasteiger partial charge >= 0.3 is 0 Å². The molecule has 0 radical (unpaired) electrons. The molecule has 4 rings (SSSR count). The van der Waals surface area contributed by atoms with E-state index in [1.165, 1.54) is 0 Å². The van der Waals surface area contributed by atoms with E-state index in [2.05, 4.69) is 29.0 Å². The highest BCUT2D eigenvalue weighted by molar-refractivity contribution is 5.63. The van der Waals surface area contributed by atoms with Gasteiger partial charge in [0.2, 0.25) is 0 Å². The smallest absolute Gasteiger partial charge is 0.150 e. The Kier molecular flexibility index (Phi) is 4.11. The maximum atomic E-state index is 6.04. The van der Waals surface area contributed by atoms with Gasteiger partial charge in [0.15, 0.2) is 5.75 Å². The van der Waals surface area contributed by atoms with Gasteiger partial charge in [-0.05, 0) is 42.2 Å². The van der Waals surface area contributed by atoms with Gasteiger partial charge in [-0.1, -0.05) is 60.4 Å². The molecule has 3 aromatic rings. The molecule has 0 aromatic heterocycles. The molecule has 0 unspecified atom stereocenters. The molecular formula is C23H15NO. The van der Waals surface area contributed by atoms with E-state index >= 15 is 0 Å². The fourth-order valence-corrected chi connectivity index (χ4v) is 2.69.